The molecule has 0 N–H and O–H groups in total. The standard InChI is InChI=1S/C17H14O5.C13H12O6.C13H12O5.C13H10O5.C9H8O5/c1-8-15-10-5-3-2-4-9(10)11(6-13(15)17(20)21-8)12-7-14(18)22-16(12)19;1-5-2-6(7-4-9(14)18-11(7)15)3-8-10(5)13(17)19-12(8)16;2*14-6-3-7(15)9-5-2-1-4(8(6)9)10-11(5)13(17)18-12(10)16;1-4-2-5(8(11)13-4)6-3-7(10)14-9(6)12/h2-5,11-13,15H,1,6-7H2;2,6-8,10H,3-4H2,1H3;4-5,8-11H,1-3H2;1-2,4-5,8-11H,3H2;5-6H,1-3H2. The number of carbonyl (C=O) groups is 18. The largest absolute Gasteiger partial charge is 0.431 e. The highest BCUT2D eigenvalue weighted by Gasteiger charge is 2.69. The molecule has 22 atom stereocenters. The Bertz CT molecular complexity index is 3540. The van der Waals surface area contributed by atoms with Gasteiger partial charge in [0.2, 0.25) is 0 Å². The second-order valence-corrected chi connectivity index (χ2v) is 26.0. The van der Waals surface area contributed by atoms with Crippen molar-refractivity contribution in [1.29, 1.82) is 0 Å². The lowest BCUT2D eigenvalue weighted by Gasteiger charge is -2.48. The number of benzene rings is 1. The molecule has 26 heteroatoms. The number of rotatable bonds is 3. The van der Waals surface area contributed by atoms with Crippen LogP contribution in [0.1, 0.15) is 94.1 Å². The molecule has 8 aliphatic heterocycles. The fourth-order valence-electron chi connectivity index (χ4n) is 17.8. The van der Waals surface area contributed by atoms with Crippen molar-refractivity contribution in [3.05, 3.63) is 83.9 Å². The molecule has 0 aromatic heterocycles. The van der Waals surface area contributed by atoms with Crippen molar-refractivity contribution in [3.8, 4) is 0 Å². The van der Waals surface area contributed by atoms with Crippen molar-refractivity contribution in [2.24, 2.45) is 118 Å². The molecule has 14 fully saturated rings. The van der Waals surface area contributed by atoms with E-state index in [1.165, 1.54) is 0 Å². The Morgan fingerprint density at radius 3 is 1.25 bits per heavy atom. The summed E-state index contributed by atoms with van der Waals surface area (Å²) >= 11 is 0. The number of ketones is 4. The van der Waals surface area contributed by atoms with Gasteiger partial charge in [-0.2, -0.15) is 0 Å². The van der Waals surface area contributed by atoms with Gasteiger partial charge in [-0.05, 0) is 67.4 Å². The van der Waals surface area contributed by atoms with E-state index in [0.29, 0.717) is 30.8 Å². The first-order valence-corrected chi connectivity index (χ1v) is 30.2. The molecule has 6 saturated carbocycles. The van der Waals surface area contributed by atoms with Crippen LogP contribution in [0.3, 0.4) is 0 Å². The first kappa shape index (κ1) is 60.5. The summed E-state index contributed by atoms with van der Waals surface area (Å²) in [4.78, 5) is 209. The predicted molar refractivity (Wildman–Crippen MR) is 288 cm³/mol. The summed E-state index contributed by atoms with van der Waals surface area (Å²) in [6, 6.07) is 7.68. The van der Waals surface area contributed by atoms with E-state index in [0.717, 1.165) is 29.5 Å². The van der Waals surface area contributed by atoms with E-state index >= 15 is 0 Å². The summed E-state index contributed by atoms with van der Waals surface area (Å²) in [5.74, 6) is -15.4. The Balaban J connectivity index is 0.000000105. The van der Waals surface area contributed by atoms with E-state index in [9.17, 15) is 86.3 Å². The number of ether oxygens (including phenoxy) is 8. The first-order chi connectivity index (χ1) is 43.3. The van der Waals surface area contributed by atoms with Gasteiger partial charge >= 0.3 is 83.6 Å². The number of hydrogen-bond acceptors (Lipinski definition) is 26. The molecular formula is C65H56O26. The molecular weight excluding hydrogens is 1200 g/mol. The number of fused-ring (bicyclic) bond motifs is 5. The zero-order chi connectivity index (χ0) is 64.7. The van der Waals surface area contributed by atoms with Gasteiger partial charge in [-0.1, -0.05) is 61.2 Å². The maximum atomic E-state index is 12.1. The quantitative estimate of drug-likeness (QED) is 0.182. The zero-order valence-corrected chi connectivity index (χ0v) is 48.3. The molecule has 19 rings (SSSR count). The Hall–Kier alpha value is -9.36. The summed E-state index contributed by atoms with van der Waals surface area (Å²) in [6.45, 7) is 9.08. The van der Waals surface area contributed by atoms with Crippen molar-refractivity contribution in [2.45, 2.75) is 83.0 Å². The minimum Gasteiger partial charge on any atom is -0.431 e. The lowest BCUT2D eigenvalue weighted by Crippen LogP contribution is -2.53. The summed E-state index contributed by atoms with van der Waals surface area (Å²) in [5, 5.41) is 0. The normalized spacial score (nSPS) is 40.2. The van der Waals surface area contributed by atoms with Gasteiger partial charge in [0, 0.05) is 41.9 Å². The highest BCUT2D eigenvalue weighted by atomic mass is 16.6. The molecule has 26 nitrogen and oxygen atoms in total. The van der Waals surface area contributed by atoms with Gasteiger partial charge in [0.25, 0.3) is 0 Å². The summed E-state index contributed by atoms with van der Waals surface area (Å²) in [6.07, 6.45) is 8.10. The third-order valence-corrected chi connectivity index (χ3v) is 21.5. The van der Waals surface area contributed by atoms with Gasteiger partial charge in [-0.25, -0.2) is 0 Å². The average Bonchev–Trinajstić information content (AvgIpc) is 1.60. The maximum Gasteiger partial charge on any atom is 0.321 e. The average molecular weight is 1250 g/mol. The number of cyclic esters (lactones) is 14. The van der Waals surface area contributed by atoms with E-state index < -0.39 is 149 Å². The van der Waals surface area contributed by atoms with Crippen LogP contribution in [0.4, 0.5) is 0 Å². The lowest BCUT2D eigenvalue weighted by molar-refractivity contribution is -0.156. The van der Waals surface area contributed by atoms with E-state index in [2.05, 4.69) is 36.8 Å². The summed E-state index contributed by atoms with van der Waals surface area (Å²) in [7, 11) is 0. The third-order valence-electron chi connectivity index (χ3n) is 21.5. The minimum atomic E-state index is -0.686. The number of esters is 14. The Morgan fingerprint density at radius 1 is 0.363 bits per heavy atom. The van der Waals surface area contributed by atoms with Gasteiger partial charge in [0.1, 0.15) is 34.7 Å². The Kier molecular flexibility index (Phi) is 15.0. The van der Waals surface area contributed by atoms with E-state index in [-0.39, 0.29) is 120 Å². The van der Waals surface area contributed by atoms with Gasteiger partial charge < -0.3 is 37.9 Å². The molecule has 1 aromatic rings. The smallest absolute Gasteiger partial charge is 0.321 e. The molecule has 0 radical (unpaired) electrons. The second-order valence-electron chi connectivity index (χ2n) is 26.0. The van der Waals surface area contributed by atoms with Crippen molar-refractivity contribution in [2.75, 3.05) is 0 Å². The van der Waals surface area contributed by atoms with Gasteiger partial charge in [0.05, 0.1) is 103 Å². The first-order valence-electron chi connectivity index (χ1n) is 30.2. The topological polar surface area (TPSA) is 381 Å². The fraction of sp³-hybridized carbons (Fsp3) is 0.508. The number of carbonyl (C=O) groups excluding carboxylic acids is 18. The van der Waals surface area contributed by atoms with Gasteiger partial charge in [0.15, 0.2) is 0 Å². The number of Topliss-reactive ketones (excluding diaryl/α,β-unsaturated/α-hetero) is 4. The molecule has 0 amide bonds. The molecule has 4 bridgehead atoms. The van der Waals surface area contributed by atoms with Crippen molar-refractivity contribution >= 4 is 107 Å². The third kappa shape index (κ3) is 9.97. The molecule has 91 heavy (non-hydrogen) atoms. The molecule has 18 aliphatic rings. The van der Waals surface area contributed by atoms with Gasteiger partial charge in [-0.15, -0.1) is 0 Å². The van der Waals surface area contributed by atoms with E-state index in [1.54, 1.807) is 13.0 Å². The van der Waals surface area contributed by atoms with Crippen LogP contribution in [0, 0.1) is 118 Å². The van der Waals surface area contributed by atoms with Crippen molar-refractivity contribution in [3.63, 3.8) is 0 Å². The molecule has 472 valence electrons. The lowest BCUT2D eigenvalue weighted by atomic mass is 9.51. The molecule has 10 aliphatic carbocycles. The Morgan fingerprint density at radius 2 is 0.769 bits per heavy atom. The molecule has 22 unspecified atom stereocenters. The number of hydrogen-bond donors (Lipinski definition) is 0. The molecule has 8 saturated heterocycles. The highest BCUT2D eigenvalue weighted by Crippen LogP contribution is 2.61. The van der Waals surface area contributed by atoms with Crippen LogP contribution in [0.15, 0.2) is 72.7 Å². The fourth-order valence-corrected chi connectivity index (χ4v) is 17.8. The minimum absolute atomic E-state index is 0.00892. The molecule has 8 heterocycles. The summed E-state index contributed by atoms with van der Waals surface area (Å²) in [5.41, 5.74) is 2.68. The van der Waals surface area contributed by atoms with E-state index in [4.69, 9.17) is 14.2 Å². The van der Waals surface area contributed by atoms with Crippen molar-refractivity contribution < 1.29 is 124 Å². The van der Waals surface area contributed by atoms with Crippen LogP contribution >= 0.6 is 0 Å². The maximum absolute atomic E-state index is 12.1. The van der Waals surface area contributed by atoms with Crippen LogP contribution in [0.5, 0.6) is 0 Å². The Labute approximate surface area is 514 Å². The van der Waals surface area contributed by atoms with Gasteiger partial charge in [-0.3, -0.25) is 86.3 Å². The van der Waals surface area contributed by atoms with Crippen molar-refractivity contribution in [1.82, 2.24) is 0 Å². The second kappa shape index (κ2) is 22.5. The molecule has 1 aromatic carbocycles. The van der Waals surface area contributed by atoms with Crippen LogP contribution in [0.2, 0.25) is 0 Å². The number of allylic oxidation sites excluding steroid dienone is 5. The van der Waals surface area contributed by atoms with Crippen LogP contribution in [0.25, 0.3) is 0 Å². The zero-order valence-electron chi connectivity index (χ0n) is 48.3. The predicted octanol–water partition coefficient (Wildman–Crippen LogP) is 2.55. The van der Waals surface area contributed by atoms with Crippen LogP contribution < -0.4 is 0 Å². The molecule has 0 spiro atoms. The highest BCUT2D eigenvalue weighted by molar-refractivity contribution is 6.12. The monoisotopic (exact) mass is 1250 g/mol. The van der Waals surface area contributed by atoms with Crippen LogP contribution in [-0.4, -0.2) is 107 Å². The SMILES string of the molecule is C=C1CC(C2CC(=O)OC2=O)C(=O)O1.C=C1OC(=O)C2CC(C3CC(=O)OC3=O)c3ccccc3C12.CC1=CC(C2CC(=O)OC2=O)CC2C(=O)OC(=O)C12.O=C1CC(=O)C2C3C=CC(C12)C1C(=O)OC(=O)C31.O=C1CC(=O)C2C3CCC(C12)C1C(=O)OC(=O)C31. The summed E-state index contributed by atoms with van der Waals surface area (Å²) < 4.78 is 37.5. The van der Waals surface area contributed by atoms with E-state index in [1.807, 2.05) is 36.4 Å². The van der Waals surface area contributed by atoms with Crippen LogP contribution in [-0.2, 0) is 124 Å².